The van der Waals surface area contributed by atoms with Gasteiger partial charge in [0, 0.05) is 23.8 Å². The first-order chi connectivity index (χ1) is 13.6. The van der Waals surface area contributed by atoms with Crippen molar-refractivity contribution in [2.45, 2.75) is 50.2 Å². The first-order valence-corrected chi connectivity index (χ1v) is 10.5. The number of para-hydroxylation sites is 1. The van der Waals surface area contributed by atoms with E-state index < -0.39 is 0 Å². The second-order valence-electron chi connectivity index (χ2n) is 7.07. The van der Waals surface area contributed by atoms with Crippen LogP contribution in [0.3, 0.4) is 0 Å². The summed E-state index contributed by atoms with van der Waals surface area (Å²) < 4.78 is 2.07. The number of nitrogens with zero attached hydrogens (tertiary/aromatic N) is 4. The minimum atomic E-state index is -0.244. The van der Waals surface area contributed by atoms with Crippen molar-refractivity contribution >= 4 is 23.4 Å². The van der Waals surface area contributed by atoms with Gasteiger partial charge in [0.2, 0.25) is 5.91 Å². The Labute approximate surface area is 169 Å². The maximum atomic E-state index is 13.2. The number of rotatable bonds is 5. The number of hydrogen-bond acceptors (Lipinski definition) is 4. The lowest BCUT2D eigenvalue weighted by molar-refractivity contribution is -0.118. The van der Waals surface area contributed by atoms with Crippen LogP contribution in [0.15, 0.2) is 59.8 Å². The average molecular weight is 393 g/mol. The summed E-state index contributed by atoms with van der Waals surface area (Å²) in [5.74, 6) is 0.958. The average Bonchev–Trinajstić information content (AvgIpc) is 3.27. The van der Waals surface area contributed by atoms with Gasteiger partial charge in [-0.25, -0.2) is 0 Å². The molecule has 0 bridgehead atoms. The summed E-state index contributed by atoms with van der Waals surface area (Å²) in [5, 5.41) is 9.30. The molecule has 0 saturated carbocycles. The lowest BCUT2D eigenvalue weighted by atomic mass is 10.1. The molecule has 6 heteroatoms. The van der Waals surface area contributed by atoms with Crippen LogP contribution in [0.1, 0.15) is 26.3 Å². The molecule has 28 heavy (non-hydrogen) atoms. The van der Waals surface area contributed by atoms with E-state index in [2.05, 4.69) is 34.7 Å². The van der Waals surface area contributed by atoms with Crippen molar-refractivity contribution in [1.29, 1.82) is 0 Å². The van der Waals surface area contributed by atoms with Gasteiger partial charge in [-0.2, -0.15) is 0 Å². The fourth-order valence-corrected chi connectivity index (χ4v) is 4.73. The van der Waals surface area contributed by atoms with Crippen LogP contribution in [-0.2, 0) is 17.8 Å². The Morgan fingerprint density at radius 2 is 1.86 bits per heavy atom. The van der Waals surface area contributed by atoms with E-state index >= 15 is 0 Å². The summed E-state index contributed by atoms with van der Waals surface area (Å²) in [4.78, 5) is 15.2. The molecule has 144 valence electrons. The van der Waals surface area contributed by atoms with Crippen molar-refractivity contribution in [2.75, 3.05) is 4.90 Å². The highest BCUT2D eigenvalue weighted by molar-refractivity contribution is 8.00. The van der Waals surface area contributed by atoms with E-state index in [9.17, 15) is 4.79 Å². The highest BCUT2D eigenvalue weighted by Gasteiger charge is 2.34. The number of fused-ring (bicyclic) bond motifs is 1. The van der Waals surface area contributed by atoms with Gasteiger partial charge in [0.25, 0.3) is 0 Å². The van der Waals surface area contributed by atoms with Gasteiger partial charge in [-0.15, -0.1) is 10.2 Å². The van der Waals surface area contributed by atoms with Crippen LogP contribution < -0.4 is 4.90 Å². The van der Waals surface area contributed by atoms with Crippen LogP contribution in [0.25, 0.3) is 11.4 Å². The second kappa shape index (κ2) is 7.80. The Morgan fingerprint density at radius 1 is 1.14 bits per heavy atom. The van der Waals surface area contributed by atoms with Gasteiger partial charge in [-0.1, -0.05) is 60.3 Å². The number of hydrogen-bond donors (Lipinski definition) is 0. The monoisotopic (exact) mass is 392 g/mol. The molecule has 0 N–H and O–H groups in total. The summed E-state index contributed by atoms with van der Waals surface area (Å²) in [6.45, 7) is 6.89. The van der Waals surface area contributed by atoms with Crippen molar-refractivity contribution in [3.8, 4) is 11.4 Å². The predicted molar refractivity (Wildman–Crippen MR) is 114 cm³/mol. The zero-order valence-corrected chi connectivity index (χ0v) is 17.2. The molecule has 2 aromatic carbocycles. The van der Waals surface area contributed by atoms with E-state index in [1.807, 2.05) is 60.4 Å². The predicted octanol–water partition coefficient (Wildman–Crippen LogP) is 4.42. The zero-order chi connectivity index (χ0) is 19.7. The van der Waals surface area contributed by atoms with Gasteiger partial charge < -0.3 is 9.47 Å². The first kappa shape index (κ1) is 18.7. The van der Waals surface area contributed by atoms with E-state index in [1.54, 1.807) is 0 Å². The largest absolute Gasteiger partial charge is 0.308 e. The number of benzene rings is 2. The van der Waals surface area contributed by atoms with Crippen molar-refractivity contribution in [2.24, 2.45) is 0 Å². The van der Waals surface area contributed by atoms with Crippen LogP contribution in [-0.4, -0.2) is 32.0 Å². The van der Waals surface area contributed by atoms with Gasteiger partial charge >= 0.3 is 0 Å². The summed E-state index contributed by atoms with van der Waals surface area (Å²) in [6.07, 6.45) is 0.905. The van der Waals surface area contributed by atoms with Gasteiger partial charge in [0.1, 0.15) is 0 Å². The minimum Gasteiger partial charge on any atom is -0.308 e. The third-order valence-electron chi connectivity index (χ3n) is 5.14. The third kappa shape index (κ3) is 3.33. The molecule has 0 radical (unpaired) electrons. The summed E-state index contributed by atoms with van der Waals surface area (Å²) >= 11 is 1.48. The topological polar surface area (TPSA) is 51.0 Å². The first-order valence-electron chi connectivity index (χ1n) is 9.66. The molecule has 1 amide bonds. The normalized spacial score (nSPS) is 16.8. The Hall–Kier alpha value is -2.60. The molecule has 1 aliphatic rings. The molecule has 2 atom stereocenters. The number of thioether (sulfide) groups is 1. The molecule has 1 aliphatic heterocycles. The third-order valence-corrected chi connectivity index (χ3v) is 6.21. The molecule has 0 fully saturated rings. The van der Waals surface area contributed by atoms with Gasteiger partial charge in [0.05, 0.1) is 5.25 Å². The molecule has 0 spiro atoms. The van der Waals surface area contributed by atoms with E-state index in [0.29, 0.717) is 0 Å². The van der Waals surface area contributed by atoms with Gasteiger partial charge in [-0.3, -0.25) is 4.79 Å². The molecular weight excluding hydrogens is 368 g/mol. The van der Waals surface area contributed by atoms with Crippen LogP contribution in [0, 0.1) is 0 Å². The molecule has 0 aliphatic carbocycles. The van der Waals surface area contributed by atoms with Gasteiger partial charge in [0.15, 0.2) is 11.0 Å². The smallest absolute Gasteiger partial charge is 0.240 e. The van der Waals surface area contributed by atoms with Crippen molar-refractivity contribution in [3.05, 3.63) is 60.2 Å². The Balaban J connectivity index is 1.57. The number of amides is 1. The SMILES string of the molecule is CCn1c(S[C@@H](C)C(=O)N2c3ccccc3C[C@H]2C)nnc1-c1ccccc1. The molecule has 1 aromatic heterocycles. The number of carbonyl (C=O) groups is 1. The fraction of sp³-hybridized carbons (Fsp3) is 0.318. The highest BCUT2D eigenvalue weighted by atomic mass is 32.2. The fourth-order valence-electron chi connectivity index (χ4n) is 3.77. The lowest BCUT2D eigenvalue weighted by Gasteiger charge is -2.25. The summed E-state index contributed by atoms with van der Waals surface area (Å²) in [7, 11) is 0. The zero-order valence-electron chi connectivity index (χ0n) is 16.4. The second-order valence-corrected chi connectivity index (χ2v) is 8.37. The quantitative estimate of drug-likeness (QED) is 0.603. The number of carbonyl (C=O) groups excluding carboxylic acids is 1. The molecule has 3 aromatic rings. The molecule has 2 heterocycles. The highest BCUT2D eigenvalue weighted by Crippen LogP contribution is 2.35. The Kier molecular flexibility index (Phi) is 5.22. The number of anilines is 1. The maximum absolute atomic E-state index is 13.2. The van der Waals surface area contributed by atoms with E-state index in [0.717, 1.165) is 35.2 Å². The Bertz CT molecular complexity index is 985. The van der Waals surface area contributed by atoms with Crippen LogP contribution in [0.4, 0.5) is 5.69 Å². The van der Waals surface area contributed by atoms with Crippen LogP contribution in [0.5, 0.6) is 0 Å². The number of aromatic nitrogens is 3. The van der Waals surface area contributed by atoms with Crippen LogP contribution in [0.2, 0.25) is 0 Å². The molecule has 4 rings (SSSR count). The van der Waals surface area contributed by atoms with Crippen molar-refractivity contribution in [3.63, 3.8) is 0 Å². The summed E-state index contributed by atoms with van der Waals surface area (Å²) in [5.41, 5.74) is 3.31. The summed E-state index contributed by atoms with van der Waals surface area (Å²) in [6, 6.07) is 18.4. The molecule has 5 nitrogen and oxygen atoms in total. The Morgan fingerprint density at radius 3 is 2.61 bits per heavy atom. The molecule has 0 saturated heterocycles. The molecular formula is C22H24N4OS. The van der Waals surface area contributed by atoms with E-state index in [1.165, 1.54) is 17.3 Å². The van der Waals surface area contributed by atoms with Crippen molar-refractivity contribution in [1.82, 2.24) is 14.8 Å². The standard InChI is InChI=1S/C22H24N4OS/c1-4-25-20(17-10-6-5-7-11-17)23-24-22(25)28-16(3)21(27)26-15(2)14-18-12-8-9-13-19(18)26/h5-13,15-16H,4,14H2,1-3H3/t15-,16+/m1/s1. The van der Waals surface area contributed by atoms with E-state index in [4.69, 9.17) is 0 Å². The van der Waals surface area contributed by atoms with E-state index in [-0.39, 0.29) is 17.2 Å². The maximum Gasteiger partial charge on any atom is 0.240 e. The minimum absolute atomic E-state index is 0.120. The van der Waals surface area contributed by atoms with Crippen LogP contribution >= 0.6 is 11.8 Å². The van der Waals surface area contributed by atoms with Gasteiger partial charge in [-0.05, 0) is 38.8 Å². The van der Waals surface area contributed by atoms with Crippen molar-refractivity contribution < 1.29 is 4.79 Å². The molecule has 0 unspecified atom stereocenters. The lowest BCUT2D eigenvalue weighted by Crippen LogP contribution is -2.40.